The summed E-state index contributed by atoms with van der Waals surface area (Å²) in [7, 11) is 1.43. The van der Waals surface area contributed by atoms with Crippen LogP contribution in [0.5, 0.6) is 0 Å². The minimum absolute atomic E-state index is 0.212. The topological polar surface area (TPSA) is 83.7 Å². The molecule has 0 aromatic carbocycles. The number of hydrogen-bond acceptors (Lipinski definition) is 4. The predicted octanol–water partition coefficient (Wildman–Crippen LogP) is 7.50. The van der Waals surface area contributed by atoms with Crippen molar-refractivity contribution >= 4 is 50.8 Å². The second-order valence-electron chi connectivity index (χ2n) is 10.2. The Labute approximate surface area is 223 Å². The minimum atomic E-state index is -0.212. The van der Waals surface area contributed by atoms with E-state index in [9.17, 15) is 4.79 Å². The average molecular weight is 509 g/mol. The standard InChI is InChI=1S/C32H36N4O2/c1-8-22-19(5)28-16-31-23(9-2)18(4)26(35-31)15-27-20(6)24(10-11-32(37)38-7)29(34-27)13-21-12-17(3)25(33-21)14-30(22)36-28/h12-16,34-35H,8-11H2,1-7H3. The van der Waals surface area contributed by atoms with Crippen LogP contribution in [0.4, 0.5) is 0 Å². The van der Waals surface area contributed by atoms with E-state index in [2.05, 4.69) is 81.9 Å². The first-order chi connectivity index (χ1) is 18.2. The molecule has 0 aliphatic carbocycles. The molecule has 2 N–H and O–H groups in total. The summed E-state index contributed by atoms with van der Waals surface area (Å²) in [6, 6.07) is 8.58. The molecule has 3 aromatic heterocycles. The van der Waals surface area contributed by atoms with Crippen LogP contribution < -0.4 is 0 Å². The number of carbonyl (C=O) groups is 1. The van der Waals surface area contributed by atoms with Gasteiger partial charge in [-0.25, -0.2) is 9.97 Å². The normalized spacial score (nSPS) is 13.2. The van der Waals surface area contributed by atoms with Gasteiger partial charge in [-0.15, -0.1) is 0 Å². The minimum Gasteiger partial charge on any atom is -0.469 e. The number of aromatic amines is 2. The number of methoxy groups -OCH3 is 1. The van der Waals surface area contributed by atoms with Gasteiger partial charge in [-0.1, -0.05) is 13.8 Å². The van der Waals surface area contributed by atoms with Crippen LogP contribution in [0.1, 0.15) is 85.6 Å². The lowest BCUT2D eigenvalue weighted by atomic mass is 10.0. The highest BCUT2D eigenvalue weighted by Crippen LogP contribution is 2.34. The Morgan fingerprint density at radius 1 is 0.789 bits per heavy atom. The molecule has 3 aromatic rings. The Kier molecular flexibility index (Phi) is 6.82. The van der Waals surface area contributed by atoms with Crippen LogP contribution in [0.15, 0.2) is 24.3 Å². The molecule has 5 heterocycles. The molecule has 5 rings (SSSR count). The van der Waals surface area contributed by atoms with Crippen molar-refractivity contribution in [1.29, 1.82) is 0 Å². The van der Waals surface area contributed by atoms with Crippen molar-refractivity contribution in [2.75, 3.05) is 7.11 Å². The summed E-state index contributed by atoms with van der Waals surface area (Å²) in [6.45, 7) is 12.9. The SMILES string of the molecule is CCC1=C(C)c2cc3[nH]c(cc4[nH]c(cc5nc(cc1n2)C(C)=C5)c(CCC(=O)OC)c4C)c(C)c3CC. The number of aryl methyl sites for hydroxylation is 4. The maximum Gasteiger partial charge on any atom is 0.305 e. The fourth-order valence-corrected chi connectivity index (χ4v) is 5.67. The van der Waals surface area contributed by atoms with E-state index in [0.29, 0.717) is 12.8 Å². The summed E-state index contributed by atoms with van der Waals surface area (Å²) in [5, 5.41) is 0. The molecule has 38 heavy (non-hydrogen) atoms. The van der Waals surface area contributed by atoms with Crippen molar-refractivity contribution < 1.29 is 9.53 Å². The number of hydrogen-bond donors (Lipinski definition) is 2. The summed E-state index contributed by atoms with van der Waals surface area (Å²) in [4.78, 5) is 29.3. The zero-order valence-corrected chi connectivity index (χ0v) is 23.4. The molecule has 6 nitrogen and oxygen atoms in total. The number of esters is 1. The third kappa shape index (κ3) is 4.49. The first-order valence-corrected chi connectivity index (χ1v) is 13.4. The van der Waals surface area contributed by atoms with E-state index < -0.39 is 0 Å². The molecular formula is C32H36N4O2. The molecule has 0 atom stereocenters. The zero-order valence-electron chi connectivity index (χ0n) is 23.4. The number of aromatic nitrogens is 4. The van der Waals surface area contributed by atoms with E-state index in [-0.39, 0.29) is 5.97 Å². The Morgan fingerprint density at radius 3 is 2.13 bits per heavy atom. The Morgan fingerprint density at radius 2 is 1.47 bits per heavy atom. The number of nitrogens with zero attached hydrogens (tertiary/aromatic N) is 2. The molecule has 0 fully saturated rings. The number of fused-ring (bicyclic) bond motifs is 8. The van der Waals surface area contributed by atoms with Gasteiger partial charge in [-0.3, -0.25) is 4.79 Å². The number of allylic oxidation sites excluding steroid dienone is 3. The molecule has 0 radical (unpaired) electrons. The van der Waals surface area contributed by atoms with E-state index in [4.69, 9.17) is 14.7 Å². The van der Waals surface area contributed by atoms with Crippen molar-refractivity contribution in [2.45, 2.75) is 67.2 Å². The third-order valence-corrected chi connectivity index (χ3v) is 7.96. The van der Waals surface area contributed by atoms with Crippen molar-refractivity contribution in [1.82, 2.24) is 19.9 Å². The van der Waals surface area contributed by atoms with Crippen molar-refractivity contribution in [2.24, 2.45) is 0 Å². The van der Waals surface area contributed by atoms with E-state index in [1.807, 2.05) is 0 Å². The van der Waals surface area contributed by atoms with Crippen LogP contribution in [0, 0.1) is 13.8 Å². The number of H-pyrrole nitrogens is 2. The molecule has 196 valence electrons. The Balaban J connectivity index is 1.89. The molecule has 2 aliphatic heterocycles. The molecule has 0 spiro atoms. The van der Waals surface area contributed by atoms with Gasteiger partial charge < -0.3 is 14.7 Å². The maximum atomic E-state index is 12.0. The maximum absolute atomic E-state index is 12.0. The molecule has 0 saturated carbocycles. The Hall–Kier alpha value is -3.93. The number of nitrogens with one attached hydrogen (secondary N) is 2. The quantitative estimate of drug-likeness (QED) is 0.350. The third-order valence-electron chi connectivity index (χ3n) is 7.96. The first kappa shape index (κ1) is 25.7. The van der Waals surface area contributed by atoms with Crippen LogP contribution in [0.25, 0.3) is 44.9 Å². The monoisotopic (exact) mass is 508 g/mol. The van der Waals surface area contributed by atoms with Gasteiger partial charge >= 0.3 is 5.97 Å². The fraction of sp³-hybridized carbons (Fsp3) is 0.344. The lowest BCUT2D eigenvalue weighted by Gasteiger charge is -2.00. The summed E-state index contributed by atoms with van der Waals surface area (Å²) >= 11 is 0. The van der Waals surface area contributed by atoms with Gasteiger partial charge in [0, 0.05) is 28.5 Å². The number of carbonyl (C=O) groups excluding carboxylic acids is 1. The van der Waals surface area contributed by atoms with Crippen molar-refractivity contribution in [3.8, 4) is 0 Å². The van der Waals surface area contributed by atoms with Crippen LogP contribution in [0.3, 0.4) is 0 Å². The fourth-order valence-electron chi connectivity index (χ4n) is 5.67. The van der Waals surface area contributed by atoms with Gasteiger partial charge in [-0.05, 0) is 116 Å². The molecule has 8 bridgehead atoms. The molecular weight excluding hydrogens is 472 g/mol. The van der Waals surface area contributed by atoms with Gasteiger partial charge in [0.25, 0.3) is 0 Å². The van der Waals surface area contributed by atoms with E-state index in [1.54, 1.807) is 0 Å². The van der Waals surface area contributed by atoms with Gasteiger partial charge in [0.2, 0.25) is 0 Å². The lowest BCUT2D eigenvalue weighted by Crippen LogP contribution is -2.02. The lowest BCUT2D eigenvalue weighted by molar-refractivity contribution is -0.140. The van der Waals surface area contributed by atoms with E-state index in [1.165, 1.54) is 29.4 Å². The molecule has 2 aliphatic rings. The Bertz CT molecular complexity index is 1680. The highest BCUT2D eigenvalue weighted by Gasteiger charge is 2.18. The highest BCUT2D eigenvalue weighted by molar-refractivity contribution is 5.93. The predicted molar refractivity (Wildman–Crippen MR) is 157 cm³/mol. The average Bonchev–Trinajstić information content (AvgIpc) is 3.57. The van der Waals surface area contributed by atoms with Crippen LogP contribution in [-0.2, 0) is 22.4 Å². The van der Waals surface area contributed by atoms with Crippen molar-refractivity contribution in [3.05, 3.63) is 69.3 Å². The van der Waals surface area contributed by atoms with Gasteiger partial charge in [0.05, 0.1) is 29.9 Å². The first-order valence-electron chi connectivity index (χ1n) is 13.4. The zero-order chi connectivity index (χ0) is 27.1. The molecule has 0 amide bonds. The summed E-state index contributed by atoms with van der Waals surface area (Å²) < 4.78 is 4.92. The largest absolute Gasteiger partial charge is 0.469 e. The molecule has 6 heteroatoms. The number of ether oxygens (including phenoxy) is 1. The van der Waals surface area contributed by atoms with Gasteiger partial charge in [0.1, 0.15) is 0 Å². The van der Waals surface area contributed by atoms with Gasteiger partial charge in [-0.2, -0.15) is 0 Å². The van der Waals surface area contributed by atoms with Gasteiger partial charge in [0.15, 0.2) is 0 Å². The van der Waals surface area contributed by atoms with E-state index >= 15 is 0 Å². The van der Waals surface area contributed by atoms with E-state index in [0.717, 1.165) is 74.4 Å². The smallest absolute Gasteiger partial charge is 0.305 e. The molecule has 0 unspecified atom stereocenters. The second-order valence-corrected chi connectivity index (χ2v) is 10.2. The summed E-state index contributed by atoms with van der Waals surface area (Å²) in [6.07, 6.45) is 4.86. The van der Waals surface area contributed by atoms with Crippen LogP contribution in [-0.4, -0.2) is 33.0 Å². The summed E-state index contributed by atoms with van der Waals surface area (Å²) in [5.74, 6) is -0.212. The molecule has 0 saturated heterocycles. The second kappa shape index (κ2) is 10.1. The summed E-state index contributed by atoms with van der Waals surface area (Å²) in [5.41, 5.74) is 16.3. The number of rotatable bonds is 5. The highest BCUT2D eigenvalue weighted by atomic mass is 16.5. The van der Waals surface area contributed by atoms with Crippen molar-refractivity contribution in [3.63, 3.8) is 0 Å². The van der Waals surface area contributed by atoms with Crippen LogP contribution in [0.2, 0.25) is 0 Å². The van der Waals surface area contributed by atoms with Crippen LogP contribution >= 0.6 is 0 Å².